The van der Waals surface area contributed by atoms with E-state index < -0.39 is 6.10 Å². The van der Waals surface area contributed by atoms with Gasteiger partial charge in [0, 0.05) is 19.3 Å². The molecule has 6 nitrogen and oxygen atoms in total. The van der Waals surface area contributed by atoms with E-state index in [1.54, 1.807) is 0 Å². The molecule has 0 heterocycles. The molecule has 0 bridgehead atoms. The maximum atomic E-state index is 12.8. The standard InChI is InChI=1S/C56H108O6/c1-5-8-10-12-14-16-18-20-24-29-33-37-41-45-49-56(59)62-53(50-60-54(57)47-43-39-35-31-27-19-17-15-13-11-9-6-2)51-61-55(58)48-44-40-36-32-28-25-22-21-23-26-30-34-38-42-46-52(4)7-3/h52-53H,5-51H2,1-4H3/t52?,53-/m1/s1. The third-order valence-electron chi connectivity index (χ3n) is 13.2. The van der Waals surface area contributed by atoms with Crippen molar-refractivity contribution in [2.75, 3.05) is 13.2 Å². The van der Waals surface area contributed by atoms with E-state index in [2.05, 4.69) is 27.7 Å². The molecular formula is C56H108O6. The highest BCUT2D eigenvalue weighted by Gasteiger charge is 2.19. The fraction of sp³-hybridized carbons (Fsp3) is 0.946. The SMILES string of the molecule is CCCCCCCCCCCCCCCCC(=O)O[C@H](COC(=O)CCCCCCCCCCCCCC)COC(=O)CCCCCCCCCCCCCCCCC(C)CC. The summed E-state index contributed by atoms with van der Waals surface area (Å²) in [6.45, 7) is 9.08. The molecule has 0 saturated heterocycles. The Morgan fingerprint density at radius 2 is 0.565 bits per heavy atom. The summed E-state index contributed by atoms with van der Waals surface area (Å²) in [4.78, 5) is 38.0. The summed E-state index contributed by atoms with van der Waals surface area (Å²) in [7, 11) is 0. The number of ether oxygens (including phenoxy) is 3. The molecule has 0 rings (SSSR count). The summed E-state index contributed by atoms with van der Waals surface area (Å²) in [5.74, 6) is 0.0576. The molecule has 0 radical (unpaired) electrons. The predicted octanol–water partition coefficient (Wildman–Crippen LogP) is 18.2. The van der Waals surface area contributed by atoms with E-state index in [0.29, 0.717) is 19.3 Å². The van der Waals surface area contributed by atoms with Crippen LogP contribution in [-0.4, -0.2) is 37.2 Å². The van der Waals surface area contributed by atoms with Gasteiger partial charge in [0.1, 0.15) is 13.2 Å². The van der Waals surface area contributed by atoms with E-state index in [4.69, 9.17) is 14.2 Å². The fourth-order valence-corrected chi connectivity index (χ4v) is 8.54. The van der Waals surface area contributed by atoms with Crippen LogP contribution in [0.2, 0.25) is 0 Å². The third kappa shape index (κ3) is 47.9. The minimum atomic E-state index is -0.761. The van der Waals surface area contributed by atoms with Crippen LogP contribution in [0.4, 0.5) is 0 Å². The van der Waals surface area contributed by atoms with Crippen LogP contribution in [0.25, 0.3) is 0 Å². The minimum Gasteiger partial charge on any atom is -0.462 e. The molecule has 0 spiro atoms. The predicted molar refractivity (Wildman–Crippen MR) is 266 cm³/mol. The van der Waals surface area contributed by atoms with Crippen molar-refractivity contribution in [1.82, 2.24) is 0 Å². The van der Waals surface area contributed by atoms with Gasteiger partial charge in [-0.05, 0) is 25.2 Å². The normalized spacial score (nSPS) is 12.4. The molecule has 62 heavy (non-hydrogen) atoms. The molecule has 0 amide bonds. The molecule has 0 fully saturated rings. The van der Waals surface area contributed by atoms with Gasteiger partial charge in [0.2, 0.25) is 0 Å². The number of hydrogen-bond acceptors (Lipinski definition) is 6. The Morgan fingerprint density at radius 3 is 0.839 bits per heavy atom. The van der Waals surface area contributed by atoms with Gasteiger partial charge < -0.3 is 14.2 Å². The highest BCUT2D eigenvalue weighted by atomic mass is 16.6. The molecule has 6 heteroatoms. The lowest BCUT2D eigenvalue weighted by Gasteiger charge is -2.18. The van der Waals surface area contributed by atoms with Gasteiger partial charge in [-0.1, -0.05) is 278 Å². The Morgan fingerprint density at radius 1 is 0.323 bits per heavy atom. The topological polar surface area (TPSA) is 78.9 Å². The molecule has 0 aromatic rings. The average Bonchev–Trinajstić information content (AvgIpc) is 3.27. The number of carbonyl (C=O) groups is 3. The zero-order valence-electron chi connectivity index (χ0n) is 42.3. The van der Waals surface area contributed by atoms with Gasteiger partial charge in [0.05, 0.1) is 0 Å². The van der Waals surface area contributed by atoms with Crippen molar-refractivity contribution in [2.24, 2.45) is 5.92 Å². The number of rotatable bonds is 51. The Kier molecular flexibility index (Phi) is 49.1. The van der Waals surface area contributed by atoms with Crippen molar-refractivity contribution in [3.8, 4) is 0 Å². The van der Waals surface area contributed by atoms with E-state index >= 15 is 0 Å². The lowest BCUT2D eigenvalue weighted by Crippen LogP contribution is -2.30. The van der Waals surface area contributed by atoms with Crippen LogP contribution < -0.4 is 0 Å². The summed E-state index contributed by atoms with van der Waals surface area (Å²) in [5.41, 5.74) is 0. The van der Waals surface area contributed by atoms with Gasteiger partial charge in [-0.3, -0.25) is 14.4 Å². The lowest BCUT2D eigenvalue weighted by molar-refractivity contribution is -0.167. The fourth-order valence-electron chi connectivity index (χ4n) is 8.54. The first-order valence-electron chi connectivity index (χ1n) is 27.9. The number of carbonyl (C=O) groups excluding carboxylic acids is 3. The Bertz CT molecular complexity index is 935. The maximum absolute atomic E-state index is 12.8. The van der Waals surface area contributed by atoms with E-state index in [9.17, 15) is 14.4 Å². The van der Waals surface area contributed by atoms with Crippen molar-refractivity contribution >= 4 is 17.9 Å². The highest BCUT2D eigenvalue weighted by Crippen LogP contribution is 2.18. The summed E-state index contributed by atoms with van der Waals surface area (Å²) in [6, 6.07) is 0. The summed E-state index contributed by atoms with van der Waals surface area (Å²) < 4.78 is 16.9. The largest absolute Gasteiger partial charge is 0.462 e. The van der Waals surface area contributed by atoms with Crippen LogP contribution in [0, 0.1) is 5.92 Å². The zero-order valence-corrected chi connectivity index (χ0v) is 42.3. The molecule has 1 unspecified atom stereocenters. The second-order valence-electron chi connectivity index (χ2n) is 19.5. The Labute approximate surface area is 387 Å². The van der Waals surface area contributed by atoms with Crippen molar-refractivity contribution in [2.45, 2.75) is 323 Å². The second-order valence-corrected chi connectivity index (χ2v) is 19.5. The molecule has 2 atom stereocenters. The van der Waals surface area contributed by atoms with Gasteiger partial charge in [-0.2, -0.15) is 0 Å². The first-order chi connectivity index (χ1) is 30.4. The zero-order chi connectivity index (χ0) is 45.2. The van der Waals surface area contributed by atoms with Crippen molar-refractivity contribution in [3.63, 3.8) is 0 Å². The molecule has 0 aliphatic carbocycles. The number of esters is 3. The maximum Gasteiger partial charge on any atom is 0.306 e. The summed E-state index contributed by atoms with van der Waals surface area (Å²) >= 11 is 0. The molecule has 0 aliphatic rings. The van der Waals surface area contributed by atoms with Crippen LogP contribution in [-0.2, 0) is 28.6 Å². The first-order valence-corrected chi connectivity index (χ1v) is 27.9. The van der Waals surface area contributed by atoms with Crippen LogP contribution in [0.1, 0.15) is 317 Å². The van der Waals surface area contributed by atoms with E-state index in [1.807, 2.05) is 0 Å². The number of unbranched alkanes of at least 4 members (excludes halogenated alkanes) is 37. The smallest absolute Gasteiger partial charge is 0.306 e. The monoisotopic (exact) mass is 877 g/mol. The molecule has 0 N–H and O–H groups in total. The van der Waals surface area contributed by atoms with Crippen molar-refractivity contribution in [1.29, 1.82) is 0 Å². The average molecular weight is 877 g/mol. The Hall–Kier alpha value is -1.59. The van der Waals surface area contributed by atoms with Gasteiger partial charge in [-0.15, -0.1) is 0 Å². The van der Waals surface area contributed by atoms with Crippen LogP contribution in [0.5, 0.6) is 0 Å². The van der Waals surface area contributed by atoms with Gasteiger partial charge in [0.15, 0.2) is 6.10 Å². The molecule has 0 aromatic heterocycles. The van der Waals surface area contributed by atoms with Gasteiger partial charge >= 0.3 is 17.9 Å². The quantitative estimate of drug-likeness (QED) is 0.0344. The van der Waals surface area contributed by atoms with E-state index in [0.717, 1.165) is 63.7 Å². The van der Waals surface area contributed by atoms with Crippen molar-refractivity contribution < 1.29 is 28.6 Å². The molecule has 368 valence electrons. The Balaban J connectivity index is 4.28. The van der Waals surface area contributed by atoms with Gasteiger partial charge in [-0.25, -0.2) is 0 Å². The molecule has 0 aliphatic heterocycles. The lowest BCUT2D eigenvalue weighted by atomic mass is 9.99. The van der Waals surface area contributed by atoms with E-state index in [1.165, 1.54) is 212 Å². The molecule has 0 saturated carbocycles. The van der Waals surface area contributed by atoms with Crippen LogP contribution in [0.15, 0.2) is 0 Å². The summed E-state index contributed by atoms with van der Waals surface area (Å²) in [5, 5.41) is 0. The second kappa shape index (κ2) is 50.4. The third-order valence-corrected chi connectivity index (χ3v) is 13.2. The number of hydrogen-bond donors (Lipinski definition) is 0. The van der Waals surface area contributed by atoms with Crippen LogP contribution in [0.3, 0.4) is 0 Å². The molecule has 0 aromatic carbocycles. The first kappa shape index (κ1) is 60.4. The summed E-state index contributed by atoms with van der Waals surface area (Å²) in [6.07, 6.45) is 53.6. The van der Waals surface area contributed by atoms with E-state index in [-0.39, 0.29) is 31.1 Å². The van der Waals surface area contributed by atoms with Gasteiger partial charge in [0.25, 0.3) is 0 Å². The highest BCUT2D eigenvalue weighted by molar-refractivity contribution is 5.71. The minimum absolute atomic E-state index is 0.0621. The molecular weight excluding hydrogens is 769 g/mol. The van der Waals surface area contributed by atoms with Crippen molar-refractivity contribution in [3.05, 3.63) is 0 Å². The van der Waals surface area contributed by atoms with Crippen LogP contribution >= 0.6 is 0 Å².